The fourth-order valence-corrected chi connectivity index (χ4v) is 3.53. The minimum absolute atomic E-state index is 0.0149. The molecule has 7 heteroatoms. The van der Waals surface area contributed by atoms with Crippen LogP contribution < -0.4 is 16.2 Å². The normalized spacial score (nSPS) is 17.4. The van der Waals surface area contributed by atoms with E-state index in [2.05, 4.69) is 17.6 Å². The van der Waals surface area contributed by atoms with Gasteiger partial charge in [-0.2, -0.15) is 0 Å². The molecule has 0 spiro atoms. The number of carbonyl (C=O) groups is 2. The summed E-state index contributed by atoms with van der Waals surface area (Å²) in [5, 5.41) is 5.61. The van der Waals surface area contributed by atoms with Gasteiger partial charge in [0, 0.05) is 24.2 Å². The molecule has 2 aromatic carbocycles. The third kappa shape index (κ3) is 3.66. The highest BCUT2D eigenvalue weighted by molar-refractivity contribution is 6.05. The van der Waals surface area contributed by atoms with E-state index in [1.807, 2.05) is 30.3 Å². The second-order valence-electron chi connectivity index (χ2n) is 7.78. The first-order valence-electron chi connectivity index (χ1n) is 9.93. The zero-order valence-corrected chi connectivity index (χ0v) is 17.2. The fourth-order valence-electron chi connectivity index (χ4n) is 3.53. The molecular formula is C23H24N4O3. The predicted octanol–water partition coefficient (Wildman–Crippen LogP) is 3.33. The van der Waals surface area contributed by atoms with Crippen LogP contribution in [0.1, 0.15) is 29.4 Å². The first-order chi connectivity index (χ1) is 14.4. The third-order valence-electron chi connectivity index (χ3n) is 5.65. The summed E-state index contributed by atoms with van der Waals surface area (Å²) in [6, 6.07) is 15.9. The lowest BCUT2D eigenvalue weighted by Gasteiger charge is -2.07. The Morgan fingerprint density at radius 1 is 1.00 bits per heavy atom. The van der Waals surface area contributed by atoms with Crippen LogP contribution in [0.3, 0.4) is 0 Å². The molecule has 1 aliphatic rings. The second kappa shape index (κ2) is 7.67. The van der Waals surface area contributed by atoms with E-state index in [1.165, 1.54) is 4.68 Å². The van der Waals surface area contributed by atoms with Crippen molar-refractivity contribution in [3.63, 3.8) is 0 Å². The average Bonchev–Trinajstić information content (AvgIpc) is 3.44. The van der Waals surface area contributed by atoms with Crippen molar-refractivity contribution in [2.24, 2.45) is 18.9 Å². The summed E-state index contributed by atoms with van der Waals surface area (Å²) in [7, 11) is 1.78. The van der Waals surface area contributed by atoms with Crippen molar-refractivity contribution in [3.8, 4) is 5.69 Å². The Bertz CT molecular complexity index is 1160. The number of rotatable bonds is 5. The summed E-state index contributed by atoms with van der Waals surface area (Å²) in [5.41, 5.74) is 2.38. The monoisotopic (exact) mass is 404 g/mol. The number of anilines is 2. The lowest BCUT2D eigenvalue weighted by molar-refractivity contribution is -0.117. The quantitative estimate of drug-likeness (QED) is 0.684. The molecule has 4 rings (SSSR count). The summed E-state index contributed by atoms with van der Waals surface area (Å²) in [6.45, 7) is 3.84. The van der Waals surface area contributed by atoms with Gasteiger partial charge in [0.25, 0.3) is 11.5 Å². The van der Waals surface area contributed by atoms with E-state index in [9.17, 15) is 14.4 Å². The Morgan fingerprint density at radius 2 is 1.63 bits per heavy atom. The van der Waals surface area contributed by atoms with Crippen LogP contribution in [-0.2, 0) is 11.8 Å². The number of hydrogen-bond acceptors (Lipinski definition) is 3. The molecule has 1 aliphatic carbocycles. The summed E-state index contributed by atoms with van der Waals surface area (Å²) in [5.74, 6) is 0.153. The van der Waals surface area contributed by atoms with Crippen molar-refractivity contribution in [1.82, 2.24) is 9.36 Å². The molecular weight excluding hydrogens is 380 g/mol. The van der Waals surface area contributed by atoms with Gasteiger partial charge in [-0.1, -0.05) is 25.1 Å². The Balaban J connectivity index is 1.52. The zero-order chi connectivity index (χ0) is 21.4. The summed E-state index contributed by atoms with van der Waals surface area (Å²) in [6.07, 6.45) is 0.920. The smallest absolute Gasteiger partial charge is 0.295 e. The second-order valence-corrected chi connectivity index (χ2v) is 7.78. The Labute approximate surface area is 174 Å². The molecule has 2 unspecified atom stereocenters. The van der Waals surface area contributed by atoms with Crippen LogP contribution >= 0.6 is 0 Å². The molecule has 154 valence electrons. The van der Waals surface area contributed by atoms with Crippen LogP contribution in [0.25, 0.3) is 5.69 Å². The Kier molecular flexibility index (Phi) is 5.03. The van der Waals surface area contributed by atoms with Crippen LogP contribution in [0.5, 0.6) is 0 Å². The molecule has 2 N–H and O–H groups in total. The molecule has 0 bridgehead atoms. The number of aromatic nitrogens is 2. The van der Waals surface area contributed by atoms with Crippen molar-refractivity contribution in [2.45, 2.75) is 20.3 Å². The summed E-state index contributed by atoms with van der Waals surface area (Å²) < 4.78 is 3.23. The molecule has 1 heterocycles. The van der Waals surface area contributed by atoms with Gasteiger partial charge in [0.15, 0.2) is 0 Å². The predicted molar refractivity (Wildman–Crippen MR) is 116 cm³/mol. The van der Waals surface area contributed by atoms with Gasteiger partial charge in [0.05, 0.1) is 11.4 Å². The SMILES string of the molecule is Cc1c(NC(=O)c2ccc(NC(=O)C3CC3C)cc2)c(=O)n(-c2ccccc2)n1C. The topological polar surface area (TPSA) is 85.1 Å². The number of amides is 2. The van der Waals surface area contributed by atoms with Crippen LogP contribution in [0.15, 0.2) is 59.4 Å². The van der Waals surface area contributed by atoms with Gasteiger partial charge < -0.3 is 10.6 Å². The molecule has 3 aromatic rings. The first-order valence-corrected chi connectivity index (χ1v) is 9.93. The van der Waals surface area contributed by atoms with E-state index in [0.29, 0.717) is 22.9 Å². The molecule has 7 nitrogen and oxygen atoms in total. The van der Waals surface area contributed by atoms with Crippen molar-refractivity contribution in [2.75, 3.05) is 10.6 Å². The molecule has 0 radical (unpaired) electrons. The summed E-state index contributed by atoms with van der Waals surface area (Å²) >= 11 is 0. The van der Waals surface area contributed by atoms with Crippen molar-refractivity contribution in [3.05, 3.63) is 76.2 Å². The number of benzene rings is 2. The molecule has 30 heavy (non-hydrogen) atoms. The van der Waals surface area contributed by atoms with Gasteiger partial charge in [-0.05, 0) is 55.7 Å². The largest absolute Gasteiger partial charge is 0.326 e. The van der Waals surface area contributed by atoms with Crippen LogP contribution in [0.2, 0.25) is 0 Å². The molecule has 0 saturated heterocycles. The third-order valence-corrected chi connectivity index (χ3v) is 5.65. The standard InChI is InChI=1S/C23H24N4O3/c1-14-13-19(14)22(29)24-17-11-9-16(10-12-17)21(28)25-20-15(2)26(3)27(23(20)30)18-7-5-4-6-8-18/h4-12,14,19H,13H2,1-3H3,(H,24,29)(H,25,28). The van der Waals surface area contributed by atoms with Crippen LogP contribution in [0, 0.1) is 18.8 Å². The molecule has 1 aromatic heterocycles. The van der Waals surface area contributed by atoms with E-state index < -0.39 is 0 Å². The van der Waals surface area contributed by atoms with Crippen molar-refractivity contribution in [1.29, 1.82) is 0 Å². The van der Waals surface area contributed by atoms with Gasteiger partial charge in [-0.15, -0.1) is 0 Å². The van der Waals surface area contributed by atoms with E-state index >= 15 is 0 Å². The van der Waals surface area contributed by atoms with Crippen LogP contribution in [0.4, 0.5) is 11.4 Å². The van der Waals surface area contributed by atoms with E-state index in [-0.39, 0.29) is 29.0 Å². The van der Waals surface area contributed by atoms with Gasteiger partial charge in [0.2, 0.25) is 5.91 Å². The molecule has 2 amide bonds. The maximum absolute atomic E-state index is 12.9. The van der Waals surface area contributed by atoms with Crippen molar-refractivity contribution < 1.29 is 9.59 Å². The van der Waals surface area contributed by atoms with Crippen LogP contribution in [-0.4, -0.2) is 21.2 Å². The maximum Gasteiger partial charge on any atom is 0.295 e. The highest BCUT2D eigenvalue weighted by atomic mass is 16.2. The number of carbonyl (C=O) groups excluding carboxylic acids is 2. The Morgan fingerprint density at radius 3 is 2.23 bits per heavy atom. The van der Waals surface area contributed by atoms with E-state index in [1.54, 1.807) is 42.9 Å². The minimum Gasteiger partial charge on any atom is -0.326 e. The number of nitrogens with one attached hydrogen (secondary N) is 2. The van der Waals surface area contributed by atoms with Gasteiger partial charge in [-0.25, -0.2) is 4.68 Å². The molecule has 0 aliphatic heterocycles. The summed E-state index contributed by atoms with van der Waals surface area (Å²) in [4.78, 5) is 37.7. The van der Waals surface area contributed by atoms with Gasteiger partial charge in [0.1, 0.15) is 5.69 Å². The Hall–Kier alpha value is -3.61. The highest BCUT2D eigenvalue weighted by Crippen LogP contribution is 2.38. The molecule has 2 atom stereocenters. The van der Waals surface area contributed by atoms with Crippen molar-refractivity contribution >= 4 is 23.2 Å². The minimum atomic E-state index is -0.380. The molecule has 1 saturated carbocycles. The molecule has 1 fully saturated rings. The van der Waals surface area contributed by atoms with Gasteiger partial charge in [-0.3, -0.25) is 19.1 Å². The zero-order valence-electron chi connectivity index (χ0n) is 17.2. The fraction of sp³-hybridized carbons (Fsp3) is 0.261. The highest BCUT2D eigenvalue weighted by Gasteiger charge is 2.39. The first kappa shape index (κ1) is 19.7. The number of hydrogen-bond donors (Lipinski definition) is 2. The average molecular weight is 404 g/mol. The lowest BCUT2D eigenvalue weighted by atomic mass is 10.2. The maximum atomic E-state index is 12.9. The van der Waals surface area contributed by atoms with E-state index in [0.717, 1.165) is 12.1 Å². The lowest BCUT2D eigenvalue weighted by Crippen LogP contribution is -2.23. The van der Waals surface area contributed by atoms with Gasteiger partial charge >= 0.3 is 0 Å². The number of nitrogens with zero attached hydrogens (tertiary/aromatic N) is 2. The number of para-hydroxylation sites is 1. The van der Waals surface area contributed by atoms with E-state index in [4.69, 9.17) is 0 Å².